The van der Waals surface area contributed by atoms with Crippen molar-refractivity contribution >= 4 is 0 Å². The molecule has 0 aliphatic carbocycles. The van der Waals surface area contributed by atoms with Crippen molar-refractivity contribution in [2.24, 2.45) is 0 Å². The van der Waals surface area contributed by atoms with Gasteiger partial charge in [0, 0.05) is 32.1 Å². The Balaban J connectivity index is 2.41. The molecule has 0 amide bonds. The first kappa shape index (κ1) is 12.2. The van der Waals surface area contributed by atoms with E-state index in [0.29, 0.717) is 6.61 Å². The van der Waals surface area contributed by atoms with Gasteiger partial charge < -0.3 is 19.7 Å². The number of nitrogens with one attached hydrogen (secondary N) is 1. The molecule has 0 saturated carbocycles. The average molecular weight is 212 g/mol. The van der Waals surface area contributed by atoms with E-state index in [4.69, 9.17) is 9.84 Å². The highest BCUT2D eigenvalue weighted by Gasteiger charge is 2.07. The minimum Gasteiger partial charge on any atom is -0.395 e. The summed E-state index contributed by atoms with van der Waals surface area (Å²) in [5.41, 5.74) is 1.23. The molecule has 2 N–H and O–H groups in total. The number of hydrogen-bond donors (Lipinski definition) is 2. The number of aliphatic hydroxyl groups excluding tert-OH is 1. The summed E-state index contributed by atoms with van der Waals surface area (Å²) in [6.45, 7) is 4.47. The third kappa shape index (κ3) is 3.66. The van der Waals surface area contributed by atoms with Crippen LogP contribution in [0.5, 0.6) is 0 Å². The standard InChI is InChI=1S/C11H20N2O2/c1-3-13-6-4-5-11(13)7-12-10(8-14)9-15-2/h4-6,10,12,14H,3,7-9H2,1-2H3. The zero-order chi connectivity index (χ0) is 11.1. The van der Waals surface area contributed by atoms with Gasteiger partial charge in [-0.15, -0.1) is 0 Å². The second-order valence-corrected chi connectivity index (χ2v) is 3.50. The molecule has 1 aromatic heterocycles. The number of aliphatic hydroxyl groups is 1. The minimum atomic E-state index is 0.00945. The van der Waals surface area contributed by atoms with Crippen LogP contribution in [0.4, 0.5) is 0 Å². The van der Waals surface area contributed by atoms with Crippen molar-refractivity contribution in [3.8, 4) is 0 Å². The van der Waals surface area contributed by atoms with E-state index in [-0.39, 0.29) is 12.6 Å². The molecular formula is C11H20N2O2. The summed E-state index contributed by atoms with van der Waals surface area (Å²) in [6.07, 6.45) is 2.06. The lowest BCUT2D eigenvalue weighted by molar-refractivity contribution is 0.127. The van der Waals surface area contributed by atoms with E-state index in [1.807, 2.05) is 6.07 Å². The quantitative estimate of drug-likeness (QED) is 0.696. The summed E-state index contributed by atoms with van der Waals surface area (Å²) in [7, 11) is 1.64. The van der Waals surface area contributed by atoms with Gasteiger partial charge in [-0.25, -0.2) is 0 Å². The van der Waals surface area contributed by atoms with Crippen LogP contribution in [0.2, 0.25) is 0 Å². The Kier molecular flexibility index (Phi) is 5.39. The first-order valence-electron chi connectivity index (χ1n) is 5.29. The average Bonchev–Trinajstić information content (AvgIpc) is 2.71. The maximum absolute atomic E-state index is 9.06. The highest BCUT2D eigenvalue weighted by Crippen LogP contribution is 2.02. The fourth-order valence-electron chi connectivity index (χ4n) is 1.54. The predicted molar refractivity (Wildman–Crippen MR) is 59.7 cm³/mol. The van der Waals surface area contributed by atoms with Crippen molar-refractivity contribution in [3.05, 3.63) is 24.0 Å². The summed E-state index contributed by atoms with van der Waals surface area (Å²) >= 11 is 0. The molecule has 1 atom stereocenters. The Morgan fingerprint density at radius 1 is 1.60 bits per heavy atom. The Morgan fingerprint density at radius 2 is 2.40 bits per heavy atom. The van der Waals surface area contributed by atoms with Gasteiger partial charge in [0.05, 0.1) is 19.3 Å². The zero-order valence-corrected chi connectivity index (χ0v) is 9.44. The van der Waals surface area contributed by atoms with Crippen molar-refractivity contribution in [1.82, 2.24) is 9.88 Å². The number of ether oxygens (including phenoxy) is 1. The van der Waals surface area contributed by atoms with Gasteiger partial charge in [0.15, 0.2) is 0 Å². The summed E-state index contributed by atoms with van der Waals surface area (Å²) in [6, 6.07) is 4.12. The minimum absolute atomic E-state index is 0.00945. The molecule has 0 aromatic carbocycles. The van der Waals surface area contributed by atoms with E-state index in [9.17, 15) is 0 Å². The third-order valence-electron chi connectivity index (χ3n) is 2.42. The molecule has 0 spiro atoms. The van der Waals surface area contributed by atoms with Gasteiger partial charge in [0.2, 0.25) is 0 Å². The highest BCUT2D eigenvalue weighted by atomic mass is 16.5. The lowest BCUT2D eigenvalue weighted by Crippen LogP contribution is -2.36. The van der Waals surface area contributed by atoms with Gasteiger partial charge in [-0.3, -0.25) is 0 Å². The molecule has 0 aliphatic rings. The van der Waals surface area contributed by atoms with Crippen LogP contribution in [0.1, 0.15) is 12.6 Å². The van der Waals surface area contributed by atoms with Crippen molar-refractivity contribution in [3.63, 3.8) is 0 Å². The van der Waals surface area contributed by atoms with Gasteiger partial charge in [0.1, 0.15) is 0 Å². The molecule has 1 unspecified atom stereocenters. The maximum atomic E-state index is 9.06. The van der Waals surface area contributed by atoms with Crippen LogP contribution >= 0.6 is 0 Å². The van der Waals surface area contributed by atoms with Gasteiger partial charge in [-0.05, 0) is 19.1 Å². The fourth-order valence-corrected chi connectivity index (χ4v) is 1.54. The molecule has 1 heterocycles. The highest BCUT2D eigenvalue weighted by molar-refractivity contribution is 5.06. The normalized spacial score (nSPS) is 13.0. The van der Waals surface area contributed by atoms with Gasteiger partial charge in [-0.1, -0.05) is 0 Å². The zero-order valence-electron chi connectivity index (χ0n) is 9.44. The molecule has 1 aromatic rings. The number of hydrogen-bond acceptors (Lipinski definition) is 3. The molecule has 4 nitrogen and oxygen atoms in total. The molecule has 0 radical (unpaired) electrons. The predicted octanol–water partition coefficient (Wildman–Crippen LogP) is 0.605. The molecule has 0 fully saturated rings. The van der Waals surface area contributed by atoms with E-state index in [0.717, 1.165) is 13.1 Å². The van der Waals surface area contributed by atoms with Crippen molar-refractivity contribution in [2.75, 3.05) is 20.3 Å². The molecule has 0 aliphatic heterocycles. The lowest BCUT2D eigenvalue weighted by Gasteiger charge is -2.15. The Labute approximate surface area is 90.9 Å². The number of aromatic nitrogens is 1. The maximum Gasteiger partial charge on any atom is 0.0638 e. The van der Waals surface area contributed by atoms with Crippen LogP contribution in [0.15, 0.2) is 18.3 Å². The van der Waals surface area contributed by atoms with Crippen LogP contribution in [0, 0.1) is 0 Å². The van der Waals surface area contributed by atoms with Gasteiger partial charge in [0.25, 0.3) is 0 Å². The Hall–Kier alpha value is -0.840. The van der Waals surface area contributed by atoms with Crippen molar-refractivity contribution in [1.29, 1.82) is 0 Å². The first-order chi connectivity index (χ1) is 7.31. The molecule has 0 saturated heterocycles. The Morgan fingerprint density at radius 3 is 3.00 bits per heavy atom. The van der Waals surface area contributed by atoms with Crippen LogP contribution in [0.25, 0.3) is 0 Å². The SMILES string of the molecule is CCn1cccc1CNC(CO)COC. The van der Waals surface area contributed by atoms with Crippen molar-refractivity contribution < 1.29 is 9.84 Å². The first-order valence-corrected chi connectivity index (χ1v) is 5.29. The summed E-state index contributed by atoms with van der Waals surface area (Å²) < 4.78 is 7.17. The number of rotatable bonds is 7. The van der Waals surface area contributed by atoms with Gasteiger partial charge >= 0.3 is 0 Å². The van der Waals surface area contributed by atoms with E-state index >= 15 is 0 Å². The topological polar surface area (TPSA) is 46.4 Å². The van der Waals surface area contributed by atoms with Crippen LogP contribution in [-0.4, -0.2) is 36.0 Å². The Bertz CT molecular complexity index is 273. The molecule has 0 bridgehead atoms. The second-order valence-electron chi connectivity index (χ2n) is 3.50. The molecule has 4 heteroatoms. The van der Waals surface area contributed by atoms with E-state index < -0.39 is 0 Å². The lowest BCUT2D eigenvalue weighted by atomic mass is 10.3. The summed E-state index contributed by atoms with van der Waals surface area (Å²) in [5.74, 6) is 0. The number of aryl methyl sites for hydroxylation is 1. The van der Waals surface area contributed by atoms with Crippen LogP contribution in [0.3, 0.4) is 0 Å². The monoisotopic (exact) mass is 212 g/mol. The fraction of sp³-hybridized carbons (Fsp3) is 0.636. The largest absolute Gasteiger partial charge is 0.395 e. The molecule has 86 valence electrons. The van der Waals surface area contributed by atoms with Crippen LogP contribution in [-0.2, 0) is 17.8 Å². The van der Waals surface area contributed by atoms with E-state index in [2.05, 4.69) is 29.1 Å². The summed E-state index contributed by atoms with van der Waals surface area (Å²) in [5, 5.41) is 12.3. The van der Waals surface area contributed by atoms with Gasteiger partial charge in [-0.2, -0.15) is 0 Å². The molecule has 1 rings (SSSR count). The van der Waals surface area contributed by atoms with E-state index in [1.165, 1.54) is 5.69 Å². The molecule has 15 heavy (non-hydrogen) atoms. The smallest absolute Gasteiger partial charge is 0.0638 e. The second kappa shape index (κ2) is 6.61. The third-order valence-corrected chi connectivity index (χ3v) is 2.42. The van der Waals surface area contributed by atoms with Crippen molar-refractivity contribution in [2.45, 2.75) is 26.1 Å². The number of nitrogens with zero attached hydrogens (tertiary/aromatic N) is 1. The van der Waals surface area contributed by atoms with E-state index in [1.54, 1.807) is 7.11 Å². The van der Waals surface area contributed by atoms with Crippen LogP contribution < -0.4 is 5.32 Å². The number of methoxy groups -OCH3 is 1. The molecular weight excluding hydrogens is 192 g/mol. The summed E-state index contributed by atoms with van der Waals surface area (Å²) in [4.78, 5) is 0.